The zero-order chi connectivity index (χ0) is 17.6. The summed E-state index contributed by atoms with van der Waals surface area (Å²) >= 11 is 5.94. The molecule has 2 atom stereocenters. The van der Waals surface area contributed by atoms with Gasteiger partial charge in [-0.3, -0.25) is 14.6 Å². The van der Waals surface area contributed by atoms with Gasteiger partial charge in [0.05, 0.1) is 6.54 Å². The van der Waals surface area contributed by atoms with E-state index in [1.165, 1.54) is 24.8 Å². The van der Waals surface area contributed by atoms with Crippen molar-refractivity contribution < 1.29 is 4.79 Å². The number of benzene rings is 1. The van der Waals surface area contributed by atoms with Crippen LogP contribution in [-0.2, 0) is 11.3 Å². The first-order valence-electron chi connectivity index (χ1n) is 9.58. The van der Waals surface area contributed by atoms with Crippen LogP contribution in [0.25, 0.3) is 0 Å². The fraction of sp³-hybridized carbons (Fsp3) is 0.650. The van der Waals surface area contributed by atoms with Crippen molar-refractivity contribution in [2.24, 2.45) is 5.92 Å². The van der Waals surface area contributed by atoms with Crippen LogP contribution in [0.1, 0.15) is 38.2 Å². The summed E-state index contributed by atoms with van der Waals surface area (Å²) in [6, 6.07) is 8.46. The van der Waals surface area contributed by atoms with Crippen molar-refractivity contribution in [2.75, 3.05) is 32.7 Å². The Morgan fingerprint density at radius 3 is 2.40 bits per heavy atom. The molecule has 1 saturated carbocycles. The zero-order valence-corrected chi connectivity index (χ0v) is 16.0. The number of amides is 1. The Balaban J connectivity index is 1.38. The summed E-state index contributed by atoms with van der Waals surface area (Å²) in [6.07, 6.45) is 4.94. The monoisotopic (exact) mass is 363 g/mol. The second-order valence-corrected chi connectivity index (χ2v) is 8.05. The van der Waals surface area contributed by atoms with Crippen molar-refractivity contribution in [3.8, 4) is 0 Å². The SMILES string of the molecule is C[C@@H]1CCCC[C@@H]1NC(=O)CN1CCN(Cc2ccc(Cl)cc2)CC1. The van der Waals surface area contributed by atoms with Crippen LogP contribution in [0.3, 0.4) is 0 Å². The summed E-state index contributed by atoms with van der Waals surface area (Å²) in [5, 5.41) is 4.05. The molecule has 2 fully saturated rings. The van der Waals surface area contributed by atoms with E-state index >= 15 is 0 Å². The minimum atomic E-state index is 0.199. The third-order valence-corrected chi connectivity index (χ3v) is 5.86. The van der Waals surface area contributed by atoms with Crippen LogP contribution in [0, 0.1) is 5.92 Å². The van der Waals surface area contributed by atoms with Crippen molar-refractivity contribution >= 4 is 17.5 Å². The van der Waals surface area contributed by atoms with Crippen LogP contribution in [0.15, 0.2) is 24.3 Å². The minimum absolute atomic E-state index is 0.199. The molecule has 4 nitrogen and oxygen atoms in total. The second kappa shape index (κ2) is 9.02. The van der Waals surface area contributed by atoms with E-state index in [1.807, 2.05) is 12.1 Å². The lowest BCUT2D eigenvalue weighted by atomic mass is 9.86. The van der Waals surface area contributed by atoms with E-state index in [0.717, 1.165) is 44.2 Å². The molecule has 1 heterocycles. The number of nitrogens with one attached hydrogen (secondary N) is 1. The average Bonchev–Trinajstić information content (AvgIpc) is 2.61. The van der Waals surface area contributed by atoms with Crippen molar-refractivity contribution in [1.82, 2.24) is 15.1 Å². The summed E-state index contributed by atoms with van der Waals surface area (Å²) in [5.74, 6) is 0.818. The van der Waals surface area contributed by atoms with Crippen molar-refractivity contribution in [2.45, 2.75) is 45.2 Å². The smallest absolute Gasteiger partial charge is 0.234 e. The number of halogens is 1. The van der Waals surface area contributed by atoms with Gasteiger partial charge < -0.3 is 5.32 Å². The van der Waals surface area contributed by atoms with Crippen LogP contribution in [-0.4, -0.2) is 54.5 Å². The zero-order valence-electron chi connectivity index (χ0n) is 15.2. The highest BCUT2D eigenvalue weighted by atomic mass is 35.5. The van der Waals surface area contributed by atoms with Gasteiger partial charge in [0.15, 0.2) is 0 Å². The summed E-state index contributed by atoms with van der Waals surface area (Å²) in [6.45, 7) is 7.70. The fourth-order valence-electron chi connectivity index (χ4n) is 3.94. The molecule has 0 bridgehead atoms. The molecule has 1 aliphatic heterocycles. The van der Waals surface area contributed by atoms with Gasteiger partial charge in [-0.25, -0.2) is 0 Å². The molecule has 1 amide bonds. The summed E-state index contributed by atoms with van der Waals surface area (Å²) in [4.78, 5) is 17.1. The molecule has 25 heavy (non-hydrogen) atoms. The number of piperazine rings is 1. The molecule has 0 unspecified atom stereocenters. The molecule has 1 N–H and O–H groups in total. The van der Waals surface area contributed by atoms with Crippen LogP contribution in [0.4, 0.5) is 0 Å². The quantitative estimate of drug-likeness (QED) is 0.872. The predicted molar refractivity (Wildman–Crippen MR) is 103 cm³/mol. The Kier molecular flexibility index (Phi) is 6.74. The molecule has 3 rings (SSSR count). The number of hydrogen-bond donors (Lipinski definition) is 1. The van der Waals surface area contributed by atoms with E-state index in [4.69, 9.17) is 11.6 Å². The molecular formula is C20H30ClN3O. The normalized spacial score (nSPS) is 25.7. The van der Waals surface area contributed by atoms with Gasteiger partial charge in [0.1, 0.15) is 0 Å². The maximum absolute atomic E-state index is 12.4. The molecule has 138 valence electrons. The maximum Gasteiger partial charge on any atom is 0.234 e. The Hall–Kier alpha value is -1.10. The van der Waals surface area contributed by atoms with Crippen molar-refractivity contribution in [3.63, 3.8) is 0 Å². The topological polar surface area (TPSA) is 35.6 Å². The van der Waals surface area contributed by atoms with Crippen LogP contribution >= 0.6 is 11.6 Å². The lowest BCUT2D eigenvalue weighted by Gasteiger charge is -2.35. The molecule has 0 aromatic heterocycles. The van der Waals surface area contributed by atoms with Crippen molar-refractivity contribution in [3.05, 3.63) is 34.9 Å². The van der Waals surface area contributed by atoms with E-state index in [9.17, 15) is 4.79 Å². The lowest BCUT2D eigenvalue weighted by molar-refractivity contribution is -0.124. The van der Waals surface area contributed by atoms with E-state index in [0.29, 0.717) is 18.5 Å². The molecule has 1 aliphatic carbocycles. The number of hydrogen-bond acceptors (Lipinski definition) is 3. The Labute approximate surface area is 156 Å². The minimum Gasteiger partial charge on any atom is -0.352 e. The summed E-state index contributed by atoms with van der Waals surface area (Å²) in [7, 11) is 0. The van der Waals surface area contributed by atoms with E-state index < -0.39 is 0 Å². The third kappa shape index (κ3) is 5.70. The first-order chi connectivity index (χ1) is 12.1. The highest BCUT2D eigenvalue weighted by Gasteiger charge is 2.24. The highest BCUT2D eigenvalue weighted by molar-refractivity contribution is 6.30. The van der Waals surface area contributed by atoms with Gasteiger partial charge in [0.2, 0.25) is 5.91 Å². The van der Waals surface area contributed by atoms with Gasteiger partial charge in [0, 0.05) is 43.8 Å². The average molecular weight is 364 g/mol. The molecule has 0 radical (unpaired) electrons. The second-order valence-electron chi connectivity index (χ2n) is 7.61. The Bertz CT molecular complexity index is 555. The van der Waals surface area contributed by atoms with Gasteiger partial charge in [-0.2, -0.15) is 0 Å². The van der Waals surface area contributed by atoms with Gasteiger partial charge in [-0.15, -0.1) is 0 Å². The molecule has 2 aliphatic rings. The third-order valence-electron chi connectivity index (χ3n) is 5.61. The largest absolute Gasteiger partial charge is 0.352 e. The van der Waals surface area contributed by atoms with E-state index in [1.54, 1.807) is 0 Å². The van der Waals surface area contributed by atoms with Gasteiger partial charge in [-0.05, 0) is 36.5 Å². The number of carbonyl (C=O) groups excluding carboxylic acids is 1. The molecule has 1 saturated heterocycles. The lowest BCUT2D eigenvalue weighted by Crippen LogP contribution is -2.51. The standard InChI is InChI=1S/C20H30ClN3O/c1-16-4-2-3-5-19(16)22-20(25)15-24-12-10-23(11-13-24)14-17-6-8-18(21)9-7-17/h6-9,16,19H,2-5,10-15H2,1H3,(H,22,25)/t16-,19+/m1/s1. The van der Waals surface area contributed by atoms with Crippen molar-refractivity contribution in [1.29, 1.82) is 0 Å². The molecule has 1 aromatic carbocycles. The van der Waals surface area contributed by atoms with E-state index in [-0.39, 0.29) is 5.91 Å². The van der Waals surface area contributed by atoms with Crippen LogP contribution < -0.4 is 5.32 Å². The molecule has 1 aromatic rings. The predicted octanol–water partition coefficient (Wildman–Crippen LogP) is 3.15. The summed E-state index contributed by atoms with van der Waals surface area (Å²) < 4.78 is 0. The maximum atomic E-state index is 12.4. The van der Waals surface area contributed by atoms with Gasteiger partial charge in [0.25, 0.3) is 0 Å². The van der Waals surface area contributed by atoms with Gasteiger partial charge >= 0.3 is 0 Å². The molecule has 0 spiro atoms. The van der Waals surface area contributed by atoms with Crippen LogP contribution in [0.2, 0.25) is 5.02 Å². The number of carbonyl (C=O) groups is 1. The van der Waals surface area contributed by atoms with E-state index in [2.05, 4.69) is 34.2 Å². The summed E-state index contributed by atoms with van der Waals surface area (Å²) in [5.41, 5.74) is 1.29. The Morgan fingerprint density at radius 2 is 1.72 bits per heavy atom. The Morgan fingerprint density at radius 1 is 1.08 bits per heavy atom. The molecule has 5 heteroatoms. The fourth-order valence-corrected chi connectivity index (χ4v) is 4.07. The first-order valence-corrected chi connectivity index (χ1v) is 9.96. The van der Waals surface area contributed by atoms with Crippen LogP contribution in [0.5, 0.6) is 0 Å². The first kappa shape index (κ1) is 18.7. The highest BCUT2D eigenvalue weighted by Crippen LogP contribution is 2.23. The molecular weight excluding hydrogens is 334 g/mol. The number of nitrogens with zero attached hydrogens (tertiary/aromatic N) is 2. The number of rotatable bonds is 5. The van der Waals surface area contributed by atoms with Gasteiger partial charge in [-0.1, -0.05) is 43.5 Å².